The van der Waals surface area contributed by atoms with Crippen LogP contribution in [0.5, 0.6) is 0 Å². The lowest BCUT2D eigenvalue weighted by molar-refractivity contribution is -0.380. The summed E-state index contributed by atoms with van der Waals surface area (Å²) in [7, 11) is 0. The lowest BCUT2D eigenvalue weighted by Crippen LogP contribution is -2.45. The van der Waals surface area contributed by atoms with Crippen molar-refractivity contribution in [1.82, 2.24) is 0 Å². The Kier molecular flexibility index (Phi) is 3.39. The predicted molar refractivity (Wildman–Crippen MR) is 48.9 cm³/mol. The smallest absolute Gasteiger partial charge is 0.318 e. The van der Waals surface area contributed by atoms with Crippen LogP contribution in [-0.2, 0) is 0 Å². The zero-order chi connectivity index (χ0) is 13.4. The largest absolute Gasteiger partial charge is 0.455 e. The summed E-state index contributed by atoms with van der Waals surface area (Å²) in [5, 5.41) is 9.70. The van der Waals surface area contributed by atoms with Crippen molar-refractivity contribution < 1.29 is 26.9 Å². The lowest BCUT2D eigenvalue weighted by atomic mass is 10.1. The van der Waals surface area contributed by atoms with Gasteiger partial charge in [-0.3, -0.25) is 10.1 Å². The summed E-state index contributed by atoms with van der Waals surface area (Å²) < 4.78 is 61.5. The van der Waals surface area contributed by atoms with Crippen molar-refractivity contribution in [2.75, 3.05) is 0 Å². The molecule has 0 radical (unpaired) electrons. The first-order valence-corrected chi connectivity index (χ1v) is 4.83. The number of alkyl halides is 5. The molecule has 0 aliphatic rings. The fraction of sp³-hybridized carbons (Fsp3) is 0.429. The van der Waals surface area contributed by atoms with E-state index in [0.717, 1.165) is 12.1 Å². The number of thiophene rings is 1. The molecule has 0 bridgehead atoms. The molecule has 1 aromatic heterocycles. The van der Waals surface area contributed by atoms with Gasteiger partial charge in [0.1, 0.15) is 6.04 Å². The van der Waals surface area contributed by atoms with Gasteiger partial charge >= 0.3 is 17.1 Å². The maximum absolute atomic E-state index is 12.8. The maximum Gasteiger partial charge on any atom is 0.455 e. The molecule has 0 spiro atoms. The Morgan fingerprint density at radius 3 is 2.18 bits per heavy atom. The molecule has 1 atom stereocenters. The van der Waals surface area contributed by atoms with Crippen molar-refractivity contribution in [3.05, 3.63) is 27.1 Å². The van der Waals surface area contributed by atoms with Crippen LogP contribution in [0.4, 0.5) is 27.0 Å². The lowest BCUT2D eigenvalue weighted by Gasteiger charge is -2.24. The second kappa shape index (κ2) is 4.18. The zero-order valence-corrected chi connectivity index (χ0v) is 8.69. The third-order valence-corrected chi connectivity index (χ3v) is 2.99. The van der Waals surface area contributed by atoms with E-state index in [1.54, 1.807) is 0 Å². The van der Waals surface area contributed by atoms with Gasteiger partial charge in [0.25, 0.3) is 0 Å². The van der Waals surface area contributed by atoms with Gasteiger partial charge in [-0.15, -0.1) is 0 Å². The van der Waals surface area contributed by atoms with Crippen molar-refractivity contribution >= 4 is 16.3 Å². The van der Waals surface area contributed by atoms with E-state index >= 15 is 0 Å². The number of hydrogen-bond acceptors (Lipinski definition) is 4. The van der Waals surface area contributed by atoms with Crippen molar-refractivity contribution in [3.8, 4) is 0 Å². The Morgan fingerprint density at radius 2 is 1.82 bits per heavy atom. The molecule has 0 aromatic carbocycles. The van der Waals surface area contributed by atoms with Crippen molar-refractivity contribution in [2.45, 2.75) is 18.1 Å². The summed E-state index contributed by atoms with van der Waals surface area (Å²) in [6.45, 7) is 0. The molecule has 0 aliphatic carbocycles. The Balaban J connectivity index is 3.04. The molecular formula is C7H5F5N2O2S. The maximum atomic E-state index is 12.8. The molecule has 4 nitrogen and oxygen atoms in total. The summed E-state index contributed by atoms with van der Waals surface area (Å²) in [6.07, 6.45) is -5.80. The van der Waals surface area contributed by atoms with Crippen LogP contribution >= 0.6 is 11.3 Å². The molecule has 1 heterocycles. The topological polar surface area (TPSA) is 69.2 Å². The highest BCUT2D eigenvalue weighted by atomic mass is 32.1. The summed E-state index contributed by atoms with van der Waals surface area (Å²) >= 11 is 0.188. The second-order valence-corrected chi connectivity index (χ2v) is 4.13. The number of nitrogens with two attached hydrogens (primary N) is 1. The van der Waals surface area contributed by atoms with E-state index in [4.69, 9.17) is 5.73 Å². The average Bonchev–Trinajstić information content (AvgIpc) is 2.63. The molecule has 2 N–H and O–H groups in total. The molecular weight excluding hydrogens is 271 g/mol. The van der Waals surface area contributed by atoms with Gasteiger partial charge in [-0.25, -0.2) is 0 Å². The molecule has 0 unspecified atom stereocenters. The molecule has 1 aromatic rings. The van der Waals surface area contributed by atoms with E-state index < -0.39 is 32.9 Å². The third-order valence-electron chi connectivity index (χ3n) is 1.87. The van der Waals surface area contributed by atoms with E-state index in [1.165, 1.54) is 0 Å². The SMILES string of the molecule is N[C@H](c1ccc([N+](=O)[O-])s1)C(F)(F)C(F)(F)F. The van der Waals surface area contributed by atoms with Crippen LogP contribution in [0.2, 0.25) is 0 Å². The highest BCUT2D eigenvalue weighted by Gasteiger charge is 2.62. The minimum absolute atomic E-state index is 0.188. The van der Waals surface area contributed by atoms with E-state index in [-0.39, 0.29) is 11.3 Å². The van der Waals surface area contributed by atoms with Crippen LogP contribution < -0.4 is 5.73 Å². The normalized spacial score (nSPS) is 14.7. The minimum Gasteiger partial charge on any atom is -0.318 e. The van der Waals surface area contributed by atoms with Gasteiger partial charge < -0.3 is 5.73 Å². The number of hydrogen-bond donors (Lipinski definition) is 1. The Hall–Kier alpha value is -1.29. The Morgan fingerprint density at radius 1 is 1.29 bits per heavy atom. The van der Waals surface area contributed by atoms with Crippen molar-refractivity contribution in [2.24, 2.45) is 5.73 Å². The monoisotopic (exact) mass is 276 g/mol. The first kappa shape index (κ1) is 13.8. The summed E-state index contributed by atoms with van der Waals surface area (Å²) in [4.78, 5) is 8.75. The molecule has 0 fully saturated rings. The molecule has 96 valence electrons. The van der Waals surface area contributed by atoms with E-state index in [9.17, 15) is 32.1 Å². The molecule has 0 amide bonds. The molecule has 0 aliphatic heterocycles. The van der Waals surface area contributed by atoms with Crippen LogP contribution in [0.25, 0.3) is 0 Å². The summed E-state index contributed by atoms with van der Waals surface area (Å²) in [5.41, 5.74) is 4.79. The first-order valence-electron chi connectivity index (χ1n) is 4.01. The second-order valence-electron chi connectivity index (χ2n) is 3.03. The molecule has 0 saturated carbocycles. The molecule has 0 saturated heterocycles. The van der Waals surface area contributed by atoms with E-state index in [1.807, 2.05) is 0 Å². The van der Waals surface area contributed by atoms with Crippen LogP contribution in [0, 0.1) is 10.1 Å². The van der Waals surface area contributed by atoms with Crippen LogP contribution in [-0.4, -0.2) is 17.0 Å². The highest BCUT2D eigenvalue weighted by molar-refractivity contribution is 7.15. The van der Waals surface area contributed by atoms with Gasteiger partial charge in [0.2, 0.25) is 0 Å². The number of halogens is 5. The predicted octanol–water partition coefficient (Wildman–Crippen LogP) is 2.85. The van der Waals surface area contributed by atoms with Gasteiger partial charge in [-0.1, -0.05) is 11.3 Å². The summed E-state index contributed by atoms with van der Waals surface area (Å²) in [6, 6.07) is -1.04. The molecule has 17 heavy (non-hydrogen) atoms. The standard InChI is InChI=1S/C7H5F5N2O2S/c8-6(9,7(10,11)12)5(13)3-1-2-4(17-3)14(15)16/h1-2,5H,13H2/t5-/m1/s1. The van der Waals surface area contributed by atoms with Gasteiger partial charge in [0.05, 0.1) is 4.92 Å². The number of nitro groups is 1. The van der Waals surface area contributed by atoms with Gasteiger partial charge in [-0.2, -0.15) is 22.0 Å². The van der Waals surface area contributed by atoms with Crippen molar-refractivity contribution in [1.29, 1.82) is 0 Å². The van der Waals surface area contributed by atoms with E-state index in [2.05, 4.69) is 0 Å². The zero-order valence-electron chi connectivity index (χ0n) is 7.87. The Bertz CT molecular complexity index is 430. The third kappa shape index (κ3) is 2.52. The average molecular weight is 276 g/mol. The fourth-order valence-electron chi connectivity index (χ4n) is 0.962. The molecule has 1 rings (SSSR count). The van der Waals surface area contributed by atoms with E-state index in [0.29, 0.717) is 0 Å². The van der Waals surface area contributed by atoms with Gasteiger partial charge in [-0.05, 0) is 6.07 Å². The fourth-order valence-corrected chi connectivity index (χ4v) is 1.83. The Labute approximate surface area is 95.0 Å². The quantitative estimate of drug-likeness (QED) is 0.524. The van der Waals surface area contributed by atoms with Crippen molar-refractivity contribution in [3.63, 3.8) is 0 Å². The number of nitrogens with zero attached hydrogens (tertiary/aromatic N) is 1. The van der Waals surface area contributed by atoms with Gasteiger partial charge in [0, 0.05) is 10.9 Å². The summed E-state index contributed by atoms with van der Waals surface area (Å²) in [5.74, 6) is -5.13. The van der Waals surface area contributed by atoms with Crippen LogP contribution in [0.15, 0.2) is 12.1 Å². The number of rotatable bonds is 3. The van der Waals surface area contributed by atoms with Gasteiger partial charge in [0.15, 0.2) is 0 Å². The minimum atomic E-state index is -5.80. The van der Waals surface area contributed by atoms with Crippen LogP contribution in [0.1, 0.15) is 10.9 Å². The molecule has 10 heteroatoms. The first-order chi connectivity index (χ1) is 7.57. The van der Waals surface area contributed by atoms with Crippen LogP contribution in [0.3, 0.4) is 0 Å². The highest BCUT2D eigenvalue weighted by Crippen LogP contribution is 2.45.